The third-order valence-electron chi connectivity index (χ3n) is 1.82. The molecule has 0 aliphatic heterocycles. The van der Waals surface area contributed by atoms with Gasteiger partial charge in [-0.15, -0.1) is 0 Å². The maximum absolute atomic E-state index is 10.9. The predicted molar refractivity (Wildman–Crippen MR) is 47.3 cm³/mol. The third-order valence-corrected chi connectivity index (χ3v) is 6.26. The number of hydrogen-bond donors (Lipinski definition) is 6. The summed E-state index contributed by atoms with van der Waals surface area (Å²) in [6.45, 7) is 0.255. The maximum atomic E-state index is 10.9. The molecule has 86 valence electrons. The van der Waals surface area contributed by atoms with Gasteiger partial charge in [-0.1, -0.05) is 6.92 Å². The Labute approximate surface area is 80.3 Å². The van der Waals surface area contributed by atoms with Gasteiger partial charge in [-0.3, -0.25) is 14.4 Å². The lowest BCUT2D eigenvalue weighted by atomic mass is 10.5. The Morgan fingerprint density at radius 2 is 1.50 bits per heavy atom. The van der Waals surface area contributed by atoms with E-state index in [1.807, 2.05) is 0 Å². The van der Waals surface area contributed by atoms with Gasteiger partial charge in [-0.05, 0) is 6.42 Å². The molecule has 0 aromatic heterocycles. The standard InChI is InChI=1S/C4H13NO7P2/c1-2-4(5-3-6,13(7,8)9)14(10,11)12/h5-6H,2-3H2,1H3,(H2,7,8,9)(H2,10,11,12). The second kappa shape index (κ2) is 4.38. The van der Waals surface area contributed by atoms with Crippen LogP contribution in [0, 0.1) is 0 Å². The van der Waals surface area contributed by atoms with Gasteiger partial charge < -0.3 is 24.7 Å². The smallest absolute Gasteiger partial charge is 0.357 e. The Bertz CT molecular complexity index is 257. The van der Waals surface area contributed by atoms with Crippen molar-refractivity contribution in [3.05, 3.63) is 0 Å². The molecule has 0 fully saturated rings. The van der Waals surface area contributed by atoms with Crippen molar-refractivity contribution in [3.63, 3.8) is 0 Å². The molecule has 14 heavy (non-hydrogen) atoms. The molecule has 0 unspecified atom stereocenters. The van der Waals surface area contributed by atoms with E-state index in [2.05, 4.69) is 0 Å². The van der Waals surface area contributed by atoms with E-state index in [4.69, 9.17) is 24.7 Å². The largest absolute Gasteiger partial charge is 0.381 e. The Kier molecular flexibility index (Phi) is 4.45. The fraction of sp³-hybridized carbons (Fsp3) is 1.00. The average molecular weight is 249 g/mol. The van der Waals surface area contributed by atoms with E-state index in [0.29, 0.717) is 0 Å². The molecule has 0 aliphatic carbocycles. The van der Waals surface area contributed by atoms with Gasteiger partial charge in [-0.25, -0.2) is 0 Å². The van der Waals surface area contributed by atoms with Crippen LogP contribution in [0.5, 0.6) is 0 Å². The average Bonchev–Trinajstić information content (AvgIpc) is 1.94. The van der Waals surface area contributed by atoms with E-state index < -0.39 is 33.4 Å². The molecule has 0 aromatic rings. The van der Waals surface area contributed by atoms with Gasteiger partial charge >= 0.3 is 15.2 Å². The molecule has 0 heterocycles. The molecule has 0 saturated heterocycles. The molecule has 0 spiro atoms. The number of nitrogens with one attached hydrogen (secondary N) is 1. The van der Waals surface area contributed by atoms with Gasteiger partial charge in [0.25, 0.3) is 0 Å². The zero-order valence-corrected chi connectivity index (χ0v) is 9.15. The van der Waals surface area contributed by atoms with Crippen molar-refractivity contribution in [2.24, 2.45) is 0 Å². The molecule has 10 heteroatoms. The summed E-state index contributed by atoms with van der Waals surface area (Å²) < 4.78 is 21.9. The minimum Gasteiger partial charge on any atom is -0.381 e. The van der Waals surface area contributed by atoms with E-state index in [-0.39, 0.29) is 0 Å². The van der Waals surface area contributed by atoms with Gasteiger partial charge in [0.2, 0.25) is 5.02 Å². The van der Waals surface area contributed by atoms with E-state index in [1.54, 1.807) is 5.32 Å². The topological polar surface area (TPSA) is 147 Å². The van der Waals surface area contributed by atoms with Crippen LogP contribution >= 0.6 is 15.2 Å². The SMILES string of the molecule is CCC(NCO)(P(=O)(O)O)P(=O)(O)O. The molecule has 0 aromatic carbocycles. The monoisotopic (exact) mass is 249 g/mol. The number of rotatable bonds is 5. The normalized spacial score (nSPS) is 14.4. The minimum atomic E-state index is -5.08. The van der Waals surface area contributed by atoms with Crippen molar-refractivity contribution in [1.29, 1.82) is 0 Å². The summed E-state index contributed by atoms with van der Waals surface area (Å²) in [6, 6.07) is 0. The molecule has 0 rings (SSSR count). The van der Waals surface area contributed by atoms with Gasteiger partial charge in [0.05, 0.1) is 6.73 Å². The van der Waals surface area contributed by atoms with Crippen molar-refractivity contribution in [3.8, 4) is 0 Å². The lowest BCUT2D eigenvalue weighted by molar-refractivity contribution is 0.211. The summed E-state index contributed by atoms with van der Waals surface area (Å²) in [5.74, 6) is 0. The molecule has 0 amide bonds. The molecule has 0 radical (unpaired) electrons. The van der Waals surface area contributed by atoms with E-state index in [0.717, 1.165) is 0 Å². The quantitative estimate of drug-likeness (QED) is 0.267. The second-order valence-corrected chi connectivity index (χ2v) is 6.65. The van der Waals surface area contributed by atoms with Crippen LogP contribution in [0.25, 0.3) is 0 Å². The first-order chi connectivity index (χ1) is 6.12. The van der Waals surface area contributed by atoms with E-state index in [9.17, 15) is 9.13 Å². The summed E-state index contributed by atoms with van der Waals surface area (Å²) in [5.41, 5.74) is 0. The summed E-state index contributed by atoms with van der Waals surface area (Å²) in [5, 5.41) is 7.52. The lowest BCUT2D eigenvalue weighted by Crippen LogP contribution is -2.44. The van der Waals surface area contributed by atoms with Gasteiger partial charge in [0, 0.05) is 0 Å². The van der Waals surface area contributed by atoms with E-state index >= 15 is 0 Å². The van der Waals surface area contributed by atoms with Crippen LogP contribution in [-0.4, -0.2) is 36.4 Å². The van der Waals surface area contributed by atoms with Crippen molar-refractivity contribution < 1.29 is 33.8 Å². The van der Waals surface area contributed by atoms with Crippen molar-refractivity contribution in [2.45, 2.75) is 18.4 Å². The van der Waals surface area contributed by atoms with Gasteiger partial charge in [0.15, 0.2) is 0 Å². The number of aliphatic hydroxyl groups excluding tert-OH is 1. The minimum absolute atomic E-state index is 0.512. The highest BCUT2D eigenvalue weighted by Gasteiger charge is 2.58. The van der Waals surface area contributed by atoms with Crippen LogP contribution in [0.15, 0.2) is 0 Å². The lowest BCUT2D eigenvalue weighted by Gasteiger charge is -2.33. The molecule has 8 nitrogen and oxygen atoms in total. The first-order valence-corrected chi connectivity index (χ1v) is 6.82. The fourth-order valence-electron chi connectivity index (χ4n) is 1.04. The van der Waals surface area contributed by atoms with Gasteiger partial charge in [-0.2, -0.15) is 0 Å². The first-order valence-electron chi connectivity index (χ1n) is 3.59. The predicted octanol–water partition coefficient (Wildman–Crippen LogP) is -1.06. The zero-order chi connectivity index (χ0) is 11.6. The van der Waals surface area contributed by atoms with Crippen molar-refractivity contribution in [1.82, 2.24) is 5.32 Å². The first kappa shape index (κ1) is 14.2. The Balaban J connectivity index is 5.45. The summed E-state index contributed by atoms with van der Waals surface area (Å²) >= 11 is 0. The van der Waals surface area contributed by atoms with Crippen LogP contribution < -0.4 is 5.32 Å². The van der Waals surface area contributed by atoms with Crippen molar-refractivity contribution in [2.75, 3.05) is 6.73 Å². The van der Waals surface area contributed by atoms with Gasteiger partial charge in [0.1, 0.15) is 0 Å². The zero-order valence-electron chi connectivity index (χ0n) is 7.36. The third kappa shape index (κ3) is 2.42. The molecular formula is C4H13NO7P2. The summed E-state index contributed by atoms with van der Waals surface area (Å²) in [7, 11) is -10.2. The Morgan fingerprint density at radius 1 is 1.14 bits per heavy atom. The van der Waals surface area contributed by atoms with Crippen LogP contribution in [0.2, 0.25) is 0 Å². The molecule has 0 saturated carbocycles. The highest BCUT2D eigenvalue weighted by molar-refractivity contribution is 7.72. The number of aliphatic hydroxyl groups is 1. The fourth-order valence-corrected chi connectivity index (χ4v) is 3.77. The molecule has 6 N–H and O–H groups in total. The highest BCUT2D eigenvalue weighted by Crippen LogP contribution is 2.68. The van der Waals surface area contributed by atoms with Crippen LogP contribution in [0.1, 0.15) is 13.3 Å². The van der Waals surface area contributed by atoms with Crippen LogP contribution in [-0.2, 0) is 9.13 Å². The van der Waals surface area contributed by atoms with Crippen LogP contribution in [0.4, 0.5) is 0 Å². The number of hydrogen-bond acceptors (Lipinski definition) is 4. The molecule has 0 aliphatic rings. The van der Waals surface area contributed by atoms with Crippen LogP contribution in [0.3, 0.4) is 0 Å². The molecule has 0 bridgehead atoms. The van der Waals surface area contributed by atoms with E-state index in [1.165, 1.54) is 6.92 Å². The van der Waals surface area contributed by atoms with Crippen molar-refractivity contribution >= 4 is 15.2 Å². The highest BCUT2D eigenvalue weighted by atomic mass is 31.2. The maximum Gasteiger partial charge on any atom is 0.357 e. The Morgan fingerprint density at radius 3 is 1.57 bits per heavy atom. The Hall–Kier alpha value is 0.220. The molecular weight excluding hydrogens is 236 g/mol. The molecule has 0 atom stereocenters. The summed E-state index contributed by atoms with van der Waals surface area (Å²) in [6.07, 6.45) is -0.512. The summed E-state index contributed by atoms with van der Waals surface area (Å²) in [4.78, 5) is 35.4. The second-order valence-electron chi connectivity index (χ2n) is 2.59.